The summed E-state index contributed by atoms with van der Waals surface area (Å²) < 4.78 is 8.76. The summed E-state index contributed by atoms with van der Waals surface area (Å²) in [6.45, 7) is 8.71. The van der Waals surface area contributed by atoms with Gasteiger partial charge < -0.3 is 4.74 Å². The minimum atomic E-state index is 0.630. The topological polar surface area (TPSA) is 39.4 Å². The van der Waals surface area contributed by atoms with E-state index in [1.165, 1.54) is 5.56 Å². The van der Waals surface area contributed by atoms with Gasteiger partial charge in [0.05, 0.1) is 22.5 Å². The lowest BCUT2D eigenvalue weighted by Gasteiger charge is -2.09. The van der Waals surface area contributed by atoms with E-state index in [0.29, 0.717) is 12.4 Å². The van der Waals surface area contributed by atoms with Gasteiger partial charge in [-0.15, -0.1) is 0 Å². The third kappa shape index (κ3) is 2.50. The summed E-state index contributed by atoms with van der Waals surface area (Å²) in [7, 11) is 0. The molecule has 0 atom stereocenters. The second-order valence-electron chi connectivity index (χ2n) is 5.33. The van der Waals surface area contributed by atoms with E-state index in [1.807, 2.05) is 30.5 Å². The Morgan fingerprint density at radius 2 is 1.95 bits per heavy atom. The minimum absolute atomic E-state index is 0.630. The predicted octanol–water partition coefficient (Wildman–Crippen LogP) is 4.48. The molecule has 0 aliphatic heterocycles. The molecule has 0 N–H and O–H groups in total. The number of fused-ring (bicyclic) bond motifs is 1. The molecule has 4 nitrogen and oxygen atoms in total. The van der Waals surface area contributed by atoms with E-state index < -0.39 is 0 Å². The summed E-state index contributed by atoms with van der Waals surface area (Å²) in [6.07, 6.45) is 2.01. The summed E-state index contributed by atoms with van der Waals surface area (Å²) in [5, 5.41) is 0. The molecule has 0 fully saturated rings. The lowest BCUT2D eigenvalue weighted by Crippen LogP contribution is -1.97. The van der Waals surface area contributed by atoms with Crippen molar-refractivity contribution in [3.05, 3.63) is 45.8 Å². The number of ether oxygens (including phenoxy) is 1. The average Bonchev–Trinajstić information content (AvgIpc) is 2.91. The lowest BCUT2D eigenvalue weighted by atomic mass is 10.1. The number of nitrogens with zero attached hydrogens (tertiary/aromatic N) is 3. The van der Waals surface area contributed by atoms with E-state index in [0.717, 1.165) is 32.9 Å². The van der Waals surface area contributed by atoms with E-state index in [2.05, 4.69) is 51.9 Å². The highest BCUT2D eigenvalue weighted by molar-refractivity contribution is 9.10. The molecular formula is C17H18BrN3O. The van der Waals surface area contributed by atoms with Crippen molar-refractivity contribution in [1.82, 2.24) is 14.4 Å². The molecule has 0 aliphatic rings. The summed E-state index contributed by atoms with van der Waals surface area (Å²) in [6, 6.07) is 6.15. The van der Waals surface area contributed by atoms with Crippen LogP contribution in [0.15, 0.2) is 28.9 Å². The van der Waals surface area contributed by atoms with Crippen molar-refractivity contribution in [3.8, 4) is 17.0 Å². The number of aryl methyl sites for hydroxylation is 3. The number of rotatable bonds is 3. The average molecular weight is 360 g/mol. The van der Waals surface area contributed by atoms with Gasteiger partial charge in [-0.05, 0) is 55.8 Å². The maximum absolute atomic E-state index is 5.74. The van der Waals surface area contributed by atoms with Crippen LogP contribution in [0, 0.1) is 20.8 Å². The third-order valence-corrected chi connectivity index (χ3v) is 4.81. The highest BCUT2D eigenvalue weighted by Crippen LogP contribution is 2.31. The second kappa shape index (κ2) is 5.72. The molecule has 22 heavy (non-hydrogen) atoms. The van der Waals surface area contributed by atoms with Crippen LogP contribution in [0.4, 0.5) is 0 Å². The van der Waals surface area contributed by atoms with Gasteiger partial charge in [0.1, 0.15) is 5.75 Å². The summed E-state index contributed by atoms with van der Waals surface area (Å²) in [5.41, 5.74) is 5.08. The Labute approximate surface area is 138 Å². The maximum atomic E-state index is 5.74. The molecule has 114 valence electrons. The third-order valence-electron chi connectivity index (χ3n) is 3.66. The van der Waals surface area contributed by atoms with Gasteiger partial charge in [-0.2, -0.15) is 0 Å². The van der Waals surface area contributed by atoms with Gasteiger partial charge in [-0.1, -0.05) is 11.6 Å². The molecule has 0 saturated heterocycles. The van der Waals surface area contributed by atoms with E-state index in [4.69, 9.17) is 4.74 Å². The molecule has 2 aromatic heterocycles. The lowest BCUT2D eigenvalue weighted by molar-refractivity contribution is 0.341. The first-order valence-corrected chi connectivity index (χ1v) is 8.06. The number of imidazole rings is 1. The standard InChI is InChI=1S/C17H18BrN3O/c1-5-22-15-7-6-10(2)8-13(15)14-9-21-12(4)16(18)11(3)19-17(21)20-14/h6-9H,5H2,1-4H3. The number of benzene rings is 1. The van der Waals surface area contributed by atoms with Crippen LogP contribution in [0.1, 0.15) is 23.9 Å². The minimum Gasteiger partial charge on any atom is -0.493 e. The van der Waals surface area contributed by atoms with Crippen LogP contribution in [0.3, 0.4) is 0 Å². The Morgan fingerprint density at radius 3 is 2.68 bits per heavy atom. The highest BCUT2D eigenvalue weighted by Gasteiger charge is 2.14. The Balaban J connectivity index is 2.23. The van der Waals surface area contributed by atoms with Crippen LogP contribution in [0.5, 0.6) is 5.75 Å². The fraction of sp³-hybridized carbons (Fsp3) is 0.294. The van der Waals surface area contributed by atoms with Crippen molar-refractivity contribution >= 4 is 21.7 Å². The van der Waals surface area contributed by atoms with Gasteiger partial charge in [-0.25, -0.2) is 9.97 Å². The van der Waals surface area contributed by atoms with Gasteiger partial charge in [0.25, 0.3) is 0 Å². The smallest absolute Gasteiger partial charge is 0.234 e. The summed E-state index contributed by atoms with van der Waals surface area (Å²) in [5.74, 6) is 1.56. The van der Waals surface area contributed by atoms with Crippen LogP contribution in [-0.4, -0.2) is 21.0 Å². The first-order chi connectivity index (χ1) is 10.5. The van der Waals surface area contributed by atoms with Crippen LogP contribution in [-0.2, 0) is 0 Å². The van der Waals surface area contributed by atoms with Crippen LogP contribution < -0.4 is 4.74 Å². The first-order valence-electron chi connectivity index (χ1n) is 7.27. The monoisotopic (exact) mass is 359 g/mol. The molecular weight excluding hydrogens is 342 g/mol. The van der Waals surface area contributed by atoms with E-state index >= 15 is 0 Å². The molecule has 3 rings (SSSR count). The molecule has 0 saturated carbocycles. The molecule has 0 bridgehead atoms. The van der Waals surface area contributed by atoms with Crippen molar-refractivity contribution in [3.63, 3.8) is 0 Å². The van der Waals surface area contributed by atoms with E-state index in [9.17, 15) is 0 Å². The first kappa shape index (κ1) is 15.0. The number of hydrogen-bond donors (Lipinski definition) is 0. The van der Waals surface area contributed by atoms with E-state index in [-0.39, 0.29) is 0 Å². The fourth-order valence-corrected chi connectivity index (χ4v) is 2.80. The Hall–Kier alpha value is -1.88. The van der Waals surface area contributed by atoms with Gasteiger partial charge in [-0.3, -0.25) is 4.40 Å². The van der Waals surface area contributed by atoms with Crippen LogP contribution in [0.25, 0.3) is 17.0 Å². The van der Waals surface area contributed by atoms with Gasteiger partial charge in [0, 0.05) is 17.5 Å². The van der Waals surface area contributed by atoms with Crippen LogP contribution >= 0.6 is 15.9 Å². The Morgan fingerprint density at radius 1 is 1.18 bits per heavy atom. The molecule has 0 aliphatic carbocycles. The number of halogens is 1. The van der Waals surface area contributed by atoms with Gasteiger partial charge in [0.15, 0.2) is 0 Å². The quantitative estimate of drug-likeness (QED) is 0.691. The molecule has 3 aromatic rings. The molecule has 2 heterocycles. The van der Waals surface area contributed by atoms with Crippen molar-refractivity contribution in [2.75, 3.05) is 6.61 Å². The fourth-order valence-electron chi connectivity index (χ4n) is 2.52. The number of aromatic nitrogens is 3. The molecule has 0 spiro atoms. The zero-order chi connectivity index (χ0) is 15.9. The molecule has 1 aromatic carbocycles. The Kier molecular flexibility index (Phi) is 3.91. The van der Waals surface area contributed by atoms with Gasteiger partial charge >= 0.3 is 0 Å². The van der Waals surface area contributed by atoms with Crippen molar-refractivity contribution in [2.45, 2.75) is 27.7 Å². The van der Waals surface area contributed by atoms with E-state index in [1.54, 1.807) is 0 Å². The second-order valence-corrected chi connectivity index (χ2v) is 6.12. The van der Waals surface area contributed by atoms with Gasteiger partial charge in [0.2, 0.25) is 5.78 Å². The molecule has 0 radical (unpaired) electrons. The van der Waals surface area contributed by atoms with Crippen LogP contribution in [0.2, 0.25) is 0 Å². The molecule has 0 amide bonds. The SMILES string of the molecule is CCOc1ccc(C)cc1-c1cn2c(C)c(Br)c(C)nc2n1. The summed E-state index contributed by atoms with van der Waals surface area (Å²) >= 11 is 3.58. The predicted molar refractivity (Wildman–Crippen MR) is 91.5 cm³/mol. The van der Waals surface area contributed by atoms with Crippen molar-refractivity contribution < 1.29 is 4.74 Å². The summed E-state index contributed by atoms with van der Waals surface area (Å²) in [4.78, 5) is 9.23. The van der Waals surface area contributed by atoms with Crippen molar-refractivity contribution in [1.29, 1.82) is 0 Å². The molecule has 5 heteroatoms. The number of hydrogen-bond acceptors (Lipinski definition) is 3. The zero-order valence-corrected chi connectivity index (χ0v) is 14.7. The molecule has 0 unspecified atom stereocenters. The van der Waals surface area contributed by atoms with Crippen molar-refractivity contribution in [2.24, 2.45) is 0 Å². The normalized spacial score (nSPS) is 11.1. The maximum Gasteiger partial charge on any atom is 0.234 e. The Bertz CT molecular complexity index is 855. The zero-order valence-electron chi connectivity index (χ0n) is 13.1. The largest absolute Gasteiger partial charge is 0.493 e. The highest BCUT2D eigenvalue weighted by atomic mass is 79.9.